The van der Waals surface area contributed by atoms with E-state index in [1.165, 1.54) is 0 Å². The summed E-state index contributed by atoms with van der Waals surface area (Å²) in [5.41, 5.74) is 3.60. The van der Waals surface area contributed by atoms with E-state index in [9.17, 15) is 9.59 Å². The molecule has 1 aliphatic rings. The topological polar surface area (TPSA) is 83.1 Å². The van der Waals surface area contributed by atoms with Crippen molar-refractivity contribution in [3.05, 3.63) is 83.9 Å². The molecule has 200 valence electrons. The maximum atomic E-state index is 13.3. The number of hydrogen-bond acceptors (Lipinski definition) is 6. The molecule has 1 aliphatic heterocycles. The highest BCUT2D eigenvalue weighted by Gasteiger charge is 2.24. The fraction of sp³-hybridized carbons (Fsp3) is 0.333. The fourth-order valence-electron chi connectivity index (χ4n) is 4.56. The highest BCUT2D eigenvalue weighted by molar-refractivity contribution is 6.06. The van der Waals surface area contributed by atoms with Crippen LogP contribution >= 0.6 is 0 Å². The number of hydrogen-bond donors (Lipinski definition) is 2. The van der Waals surface area contributed by atoms with Crippen molar-refractivity contribution in [1.29, 1.82) is 0 Å². The molecule has 0 atom stereocenters. The average Bonchev–Trinajstić information content (AvgIpc) is 2.97. The second kappa shape index (κ2) is 13.5. The molecule has 0 aliphatic carbocycles. The van der Waals surface area contributed by atoms with E-state index < -0.39 is 0 Å². The molecule has 1 fully saturated rings. The lowest BCUT2D eigenvalue weighted by Gasteiger charge is -2.38. The number of piperazine rings is 1. The zero-order valence-corrected chi connectivity index (χ0v) is 22.1. The number of carbonyl (C=O) groups excluding carboxylic acids is 2. The van der Waals surface area contributed by atoms with Gasteiger partial charge in [0.15, 0.2) is 0 Å². The molecule has 0 unspecified atom stereocenters. The van der Waals surface area contributed by atoms with Crippen molar-refractivity contribution in [2.45, 2.75) is 13.3 Å². The van der Waals surface area contributed by atoms with Gasteiger partial charge in [-0.15, -0.1) is 0 Å². The number of carbonyl (C=O) groups is 2. The minimum Gasteiger partial charge on any atom is -0.495 e. The van der Waals surface area contributed by atoms with Gasteiger partial charge in [-0.05, 0) is 55.8 Å². The monoisotopic (exact) mass is 516 g/mol. The van der Waals surface area contributed by atoms with Crippen molar-refractivity contribution in [3.63, 3.8) is 0 Å². The van der Waals surface area contributed by atoms with Gasteiger partial charge in [-0.2, -0.15) is 0 Å². The van der Waals surface area contributed by atoms with Crippen LogP contribution in [-0.2, 0) is 4.74 Å². The van der Waals surface area contributed by atoms with Gasteiger partial charge in [0.05, 0.1) is 18.4 Å². The Morgan fingerprint density at radius 1 is 0.842 bits per heavy atom. The summed E-state index contributed by atoms with van der Waals surface area (Å²) in [7, 11) is 1.69. The summed E-state index contributed by atoms with van der Waals surface area (Å²) in [6.45, 7) is 6.80. The van der Waals surface area contributed by atoms with Gasteiger partial charge in [-0.3, -0.25) is 9.59 Å². The van der Waals surface area contributed by atoms with Crippen LogP contribution in [0.2, 0.25) is 0 Å². The lowest BCUT2D eigenvalue weighted by Crippen LogP contribution is -2.47. The third kappa shape index (κ3) is 6.83. The Labute approximate surface area is 224 Å². The van der Waals surface area contributed by atoms with Crippen LogP contribution in [0.15, 0.2) is 72.8 Å². The number of amides is 2. The van der Waals surface area contributed by atoms with Gasteiger partial charge in [0, 0.05) is 62.9 Å². The molecule has 0 radical (unpaired) electrons. The Morgan fingerprint density at radius 2 is 1.53 bits per heavy atom. The molecular formula is C30H36N4O4. The quantitative estimate of drug-likeness (QED) is 0.367. The van der Waals surface area contributed by atoms with Gasteiger partial charge in [-0.25, -0.2) is 0 Å². The molecule has 8 nitrogen and oxygen atoms in total. The summed E-state index contributed by atoms with van der Waals surface area (Å²) in [5.74, 6) is 0.470. The third-order valence-corrected chi connectivity index (χ3v) is 6.54. The van der Waals surface area contributed by atoms with Gasteiger partial charge < -0.3 is 29.9 Å². The maximum absolute atomic E-state index is 13.3. The number of para-hydroxylation sites is 2. The molecule has 2 amide bonds. The van der Waals surface area contributed by atoms with Crippen LogP contribution in [0.1, 0.15) is 34.1 Å². The fourth-order valence-corrected chi connectivity index (χ4v) is 4.56. The van der Waals surface area contributed by atoms with Crippen LogP contribution in [0.3, 0.4) is 0 Å². The first-order chi connectivity index (χ1) is 18.6. The van der Waals surface area contributed by atoms with Crippen LogP contribution in [0.25, 0.3) is 0 Å². The summed E-state index contributed by atoms with van der Waals surface area (Å²) in [5, 5.41) is 5.94. The van der Waals surface area contributed by atoms with Crippen molar-refractivity contribution in [1.82, 2.24) is 5.32 Å². The van der Waals surface area contributed by atoms with Crippen LogP contribution < -0.4 is 25.2 Å². The lowest BCUT2D eigenvalue weighted by molar-refractivity contribution is 0.0943. The van der Waals surface area contributed by atoms with Crippen molar-refractivity contribution >= 4 is 28.9 Å². The van der Waals surface area contributed by atoms with E-state index in [-0.39, 0.29) is 11.8 Å². The highest BCUT2D eigenvalue weighted by atomic mass is 16.5. The first-order valence-corrected chi connectivity index (χ1v) is 13.1. The first kappa shape index (κ1) is 27.0. The second-order valence-electron chi connectivity index (χ2n) is 9.00. The van der Waals surface area contributed by atoms with E-state index in [0.717, 1.165) is 49.7 Å². The SMILES string of the molecule is CCOCCCNC(=O)c1cc(NC(=O)c2ccccc2)ccc1N1CCN(c2ccccc2OC)CC1. The smallest absolute Gasteiger partial charge is 0.255 e. The number of anilines is 3. The van der Waals surface area contributed by atoms with Gasteiger partial charge >= 0.3 is 0 Å². The average molecular weight is 517 g/mol. The number of nitrogens with zero attached hydrogens (tertiary/aromatic N) is 2. The minimum absolute atomic E-state index is 0.167. The predicted molar refractivity (Wildman–Crippen MR) is 152 cm³/mol. The molecule has 3 aromatic rings. The van der Waals surface area contributed by atoms with E-state index in [1.54, 1.807) is 25.3 Å². The zero-order valence-electron chi connectivity index (χ0n) is 22.1. The predicted octanol–water partition coefficient (Wildman–Crippen LogP) is 4.43. The number of methoxy groups -OCH3 is 1. The molecule has 1 saturated heterocycles. The van der Waals surface area contributed by atoms with Crippen LogP contribution in [0.5, 0.6) is 5.75 Å². The Hall–Kier alpha value is -4.04. The zero-order chi connectivity index (χ0) is 26.7. The molecule has 8 heteroatoms. The largest absolute Gasteiger partial charge is 0.495 e. The Bertz CT molecular complexity index is 1210. The molecular weight excluding hydrogens is 480 g/mol. The lowest BCUT2D eigenvalue weighted by atomic mass is 10.1. The minimum atomic E-state index is -0.216. The van der Waals surface area contributed by atoms with Gasteiger partial charge in [-0.1, -0.05) is 30.3 Å². The first-order valence-electron chi connectivity index (χ1n) is 13.1. The van der Waals surface area contributed by atoms with E-state index in [4.69, 9.17) is 9.47 Å². The Morgan fingerprint density at radius 3 is 2.24 bits per heavy atom. The van der Waals surface area contributed by atoms with Crippen LogP contribution in [0.4, 0.5) is 17.1 Å². The van der Waals surface area contributed by atoms with Gasteiger partial charge in [0.25, 0.3) is 11.8 Å². The normalized spacial score (nSPS) is 13.2. The maximum Gasteiger partial charge on any atom is 0.255 e. The van der Waals surface area contributed by atoms with Crippen molar-refractivity contribution in [2.24, 2.45) is 0 Å². The third-order valence-electron chi connectivity index (χ3n) is 6.54. The van der Waals surface area contributed by atoms with E-state index >= 15 is 0 Å². The summed E-state index contributed by atoms with van der Waals surface area (Å²) >= 11 is 0. The molecule has 0 bridgehead atoms. The van der Waals surface area contributed by atoms with Gasteiger partial charge in [0.2, 0.25) is 0 Å². The summed E-state index contributed by atoms with van der Waals surface area (Å²) in [6.07, 6.45) is 0.733. The van der Waals surface area contributed by atoms with E-state index in [1.807, 2.05) is 55.5 Å². The molecule has 0 spiro atoms. The Kier molecular flexibility index (Phi) is 9.59. The molecule has 0 aromatic heterocycles. The van der Waals surface area contributed by atoms with Crippen LogP contribution in [-0.4, -0.2) is 64.9 Å². The highest BCUT2D eigenvalue weighted by Crippen LogP contribution is 2.31. The molecule has 2 N–H and O–H groups in total. The number of benzene rings is 3. The molecule has 0 saturated carbocycles. The number of rotatable bonds is 11. The molecule has 38 heavy (non-hydrogen) atoms. The molecule has 3 aromatic carbocycles. The second-order valence-corrected chi connectivity index (χ2v) is 9.00. The van der Waals surface area contributed by atoms with Crippen molar-refractivity contribution in [3.8, 4) is 5.75 Å². The van der Waals surface area contributed by atoms with Crippen LogP contribution in [0, 0.1) is 0 Å². The van der Waals surface area contributed by atoms with Gasteiger partial charge in [0.1, 0.15) is 5.75 Å². The van der Waals surface area contributed by atoms with E-state index in [0.29, 0.717) is 36.6 Å². The number of nitrogens with one attached hydrogen (secondary N) is 2. The summed E-state index contributed by atoms with van der Waals surface area (Å²) in [4.78, 5) is 30.6. The van der Waals surface area contributed by atoms with E-state index in [2.05, 4.69) is 26.5 Å². The summed E-state index contributed by atoms with van der Waals surface area (Å²) < 4.78 is 10.9. The van der Waals surface area contributed by atoms with Crippen molar-refractivity contribution < 1.29 is 19.1 Å². The molecule has 1 heterocycles. The van der Waals surface area contributed by atoms with Crippen molar-refractivity contribution in [2.75, 3.05) is 68.2 Å². The number of ether oxygens (including phenoxy) is 2. The Balaban J connectivity index is 1.50. The molecule has 4 rings (SSSR count). The summed E-state index contributed by atoms with van der Waals surface area (Å²) in [6, 6.07) is 22.6. The standard InChI is InChI=1S/C30H36N4O4/c1-3-38-21-9-16-31-30(36)25-22-24(32-29(35)23-10-5-4-6-11-23)14-15-26(25)33-17-19-34(20-18-33)27-12-7-8-13-28(27)37-2/h4-8,10-15,22H,3,9,16-21H2,1-2H3,(H,31,36)(H,32,35).